The van der Waals surface area contributed by atoms with Gasteiger partial charge < -0.3 is 13.6 Å². The fourth-order valence-electron chi connectivity index (χ4n) is 6.34. The van der Waals surface area contributed by atoms with Crippen molar-refractivity contribution in [2.45, 2.75) is 0 Å². The van der Waals surface area contributed by atoms with Gasteiger partial charge in [-0.3, -0.25) is 0 Å². The van der Waals surface area contributed by atoms with E-state index in [2.05, 4.69) is 131 Å². The summed E-state index contributed by atoms with van der Waals surface area (Å²) in [5.74, 6) is 0.732. The van der Waals surface area contributed by atoms with E-state index in [0.29, 0.717) is 0 Å². The van der Waals surface area contributed by atoms with Gasteiger partial charge in [0.25, 0.3) is 0 Å². The molecule has 0 aliphatic heterocycles. The summed E-state index contributed by atoms with van der Waals surface area (Å²) < 4.78 is 11.4. The predicted molar refractivity (Wildman–Crippen MR) is 165 cm³/mol. The molecular weight excluding hydrogens is 476 g/mol. The molecule has 8 rings (SSSR count). The Hall–Kier alpha value is -5.28. The maximum atomic E-state index is 6.69. The molecule has 39 heavy (non-hydrogen) atoms. The van der Waals surface area contributed by atoms with Crippen molar-refractivity contribution in [3.8, 4) is 11.4 Å². The summed E-state index contributed by atoms with van der Waals surface area (Å²) in [5, 5.41) is 5.69. The third-order valence-electron chi connectivity index (χ3n) is 7.84. The number of benzene rings is 5. The maximum absolute atomic E-state index is 6.69. The normalized spacial score (nSPS) is 11.8. The minimum atomic E-state index is 0.732. The second-order valence-corrected chi connectivity index (χ2v) is 9.82. The van der Waals surface area contributed by atoms with Gasteiger partial charge in [0.15, 0.2) is 0 Å². The van der Waals surface area contributed by atoms with E-state index in [4.69, 9.17) is 4.42 Å². The van der Waals surface area contributed by atoms with Crippen LogP contribution >= 0.6 is 0 Å². The topological polar surface area (TPSA) is 23.0 Å². The van der Waals surface area contributed by atoms with Crippen LogP contribution in [0.5, 0.6) is 0 Å². The molecule has 0 fully saturated rings. The SMILES string of the molecule is C=Cc1oc2c(c1C=C)c1c(c3ccccc3n1-c1ccccc1)c1c2c2ccccc2n1-c1ccccc1. The second kappa shape index (κ2) is 8.11. The zero-order valence-corrected chi connectivity index (χ0v) is 21.3. The van der Waals surface area contributed by atoms with Gasteiger partial charge in [-0.05, 0) is 42.5 Å². The first-order valence-corrected chi connectivity index (χ1v) is 13.1. The largest absolute Gasteiger partial charge is 0.455 e. The van der Waals surface area contributed by atoms with Crippen molar-refractivity contribution in [3.05, 3.63) is 134 Å². The van der Waals surface area contributed by atoms with E-state index < -0.39 is 0 Å². The van der Waals surface area contributed by atoms with E-state index in [1.807, 2.05) is 6.08 Å². The molecule has 3 heteroatoms. The second-order valence-electron chi connectivity index (χ2n) is 9.82. The highest BCUT2D eigenvalue weighted by atomic mass is 16.3. The molecule has 0 unspecified atom stereocenters. The monoisotopic (exact) mass is 500 g/mol. The van der Waals surface area contributed by atoms with Crippen molar-refractivity contribution >= 4 is 66.7 Å². The fraction of sp³-hybridized carbons (Fsp3) is 0. The molecule has 0 amide bonds. The van der Waals surface area contributed by atoms with Gasteiger partial charge in [-0.25, -0.2) is 0 Å². The molecule has 0 radical (unpaired) electrons. The molecule has 0 saturated carbocycles. The smallest absolute Gasteiger partial charge is 0.147 e. The Morgan fingerprint density at radius 2 is 1.00 bits per heavy atom. The van der Waals surface area contributed by atoms with Crippen molar-refractivity contribution in [1.29, 1.82) is 0 Å². The lowest BCUT2D eigenvalue weighted by atomic mass is 10.0. The number of aromatic nitrogens is 2. The number of para-hydroxylation sites is 4. The number of fused-ring (bicyclic) bond motifs is 10. The average molecular weight is 501 g/mol. The molecule has 0 bridgehead atoms. The molecule has 3 nitrogen and oxygen atoms in total. The van der Waals surface area contributed by atoms with Gasteiger partial charge in [-0.15, -0.1) is 0 Å². The van der Waals surface area contributed by atoms with Crippen molar-refractivity contribution in [2.75, 3.05) is 0 Å². The Kier molecular flexibility index (Phi) is 4.53. The summed E-state index contributed by atoms with van der Waals surface area (Å²) in [6.07, 6.45) is 3.69. The van der Waals surface area contributed by atoms with Crippen molar-refractivity contribution < 1.29 is 4.42 Å². The van der Waals surface area contributed by atoms with Gasteiger partial charge in [0.2, 0.25) is 0 Å². The molecule has 184 valence electrons. The van der Waals surface area contributed by atoms with Crippen LogP contribution in [0.25, 0.3) is 78.1 Å². The number of hydrogen-bond donors (Lipinski definition) is 0. The lowest BCUT2D eigenvalue weighted by Crippen LogP contribution is -1.96. The number of nitrogens with zero attached hydrogens (tertiary/aromatic N) is 2. The van der Waals surface area contributed by atoms with Crippen LogP contribution in [0.15, 0.2) is 127 Å². The molecule has 0 N–H and O–H groups in total. The lowest BCUT2D eigenvalue weighted by Gasteiger charge is -2.11. The highest BCUT2D eigenvalue weighted by Gasteiger charge is 2.28. The molecule has 0 aliphatic carbocycles. The summed E-state index contributed by atoms with van der Waals surface area (Å²) in [5.41, 5.74) is 8.56. The molecule has 5 aromatic carbocycles. The third-order valence-corrected chi connectivity index (χ3v) is 7.84. The van der Waals surface area contributed by atoms with Gasteiger partial charge in [0, 0.05) is 33.1 Å². The highest BCUT2D eigenvalue weighted by Crippen LogP contribution is 2.49. The van der Waals surface area contributed by atoms with Crippen LogP contribution < -0.4 is 0 Å². The number of hydrogen-bond acceptors (Lipinski definition) is 1. The van der Waals surface area contributed by atoms with Crippen LogP contribution in [0.4, 0.5) is 0 Å². The first kappa shape index (κ1) is 21.8. The maximum Gasteiger partial charge on any atom is 0.147 e. The summed E-state index contributed by atoms with van der Waals surface area (Å²) in [6.45, 7) is 8.28. The van der Waals surface area contributed by atoms with E-state index in [1.54, 1.807) is 6.08 Å². The first-order valence-electron chi connectivity index (χ1n) is 13.1. The summed E-state index contributed by atoms with van der Waals surface area (Å²) in [7, 11) is 0. The van der Waals surface area contributed by atoms with Crippen LogP contribution in [-0.2, 0) is 0 Å². The average Bonchev–Trinajstić information content (AvgIpc) is 3.65. The van der Waals surface area contributed by atoms with Gasteiger partial charge in [0.1, 0.15) is 11.3 Å². The van der Waals surface area contributed by atoms with E-state index in [9.17, 15) is 0 Å². The number of rotatable bonds is 4. The standard InChI is InChI=1S/C36H24N2O/c1-3-25-30(4-2)39-36-32(25)34-31(26-19-11-13-21-28(26)37(34)23-15-7-5-8-16-23)35-33(36)27-20-12-14-22-29(27)38(35)24-17-9-6-10-18-24/h3-22H,1-2H2. The Balaban J connectivity index is 1.80. The minimum absolute atomic E-state index is 0.732. The van der Waals surface area contributed by atoms with Crippen LogP contribution in [0.2, 0.25) is 0 Å². The molecule has 8 aromatic rings. The van der Waals surface area contributed by atoms with Gasteiger partial charge in [-0.2, -0.15) is 0 Å². The zero-order valence-electron chi connectivity index (χ0n) is 21.3. The minimum Gasteiger partial charge on any atom is -0.455 e. The van der Waals surface area contributed by atoms with Crippen LogP contribution in [0.3, 0.4) is 0 Å². The molecule has 3 heterocycles. The Morgan fingerprint density at radius 1 is 0.513 bits per heavy atom. The van der Waals surface area contributed by atoms with Gasteiger partial charge in [0.05, 0.1) is 32.8 Å². The van der Waals surface area contributed by atoms with Gasteiger partial charge in [-0.1, -0.05) is 92.0 Å². The van der Waals surface area contributed by atoms with Crippen molar-refractivity contribution in [1.82, 2.24) is 9.13 Å². The summed E-state index contributed by atoms with van der Waals surface area (Å²) >= 11 is 0. The molecule has 0 aliphatic rings. The summed E-state index contributed by atoms with van der Waals surface area (Å²) in [4.78, 5) is 0. The quantitative estimate of drug-likeness (QED) is 0.236. The number of furan rings is 1. The van der Waals surface area contributed by atoms with Crippen LogP contribution in [0, 0.1) is 0 Å². The zero-order chi connectivity index (χ0) is 26.1. The molecule has 0 spiro atoms. The summed E-state index contributed by atoms with van der Waals surface area (Å²) in [6, 6.07) is 38.4. The first-order chi connectivity index (χ1) is 19.3. The van der Waals surface area contributed by atoms with E-state index in [1.165, 1.54) is 10.8 Å². The lowest BCUT2D eigenvalue weighted by molar-refractivity contribution is 0.607. The van der Waals surface area contributed by atoms with Gasteiger partial charge >= 0.3 is 0 Å². The highest BCUT2D eigenvalue weighted by molar-refractivity contribution is 6.36. The van der Waals surface area contributed by atoms with E-state index in [0.717, 1.165) is 66.5 Å². The Bertz CT molecular complexity index is 2240. The predicted octanol–water partition coefficient (Wildman–Crippen LogP) is 9.91. The van der Waals surface area contributed by atoms with Crippen LogP contribution in [-0.4, -0.2) is 9.13 Å². The van der Waals surface area contributed by atoms with Crippen molar-refractivity contribution in [3.63, 3.8) is 0 Å². The molecule has 0 saturated heterocycles. The Labute approximate surface area is 225 Å². The van der Waals surface area contributed by atoms with E-state index in [-0.39, 0.29) is 0 Å². The molecule has 3 aromatic heterocycles. The van der Waals surface area contributed by atoms with Crippen molar-refractivity contribution in [2.24, 2.45) is 0 Å². The Morgan fingerprint density at radius 3 is 1.54 bits per heavy atom. The fourth-order valence-corrected chi connectivity index (χ4v) is 6.34. The third kappa shape index (κ3) is 2.82. The van der Waals surface area contributed by atoms with E-state index >= 15 is 0 Å². The molecular formula is C36H24N2O. The molecule has 0 atom stereocenters. The van der Waals surface area contributed by atoms with Crippen LogP contribution in [0.1, 0.15) is 11.3 Å².